The predicted octanol–water partition coefficient (Wildman–Crippen LogP) is -2.98. The molecule has 5 heavy (non-hydrogen) atoms. The normalized spacial score (nSPS) is 0.600. The van der Waals surface area contributed by atoms with Gasteiger partial charge < -0.3 is 0 Å². The van der Waals surface area contributed by atoms with E-state index in [0.29, 0.717) is 0 Å². The maximum absolute atomic E-state index is 8.00. The van der Waals surface area contributed by atoms with Gasteiger partial charge in [-0.15, -0.1) is 0 Å². The van der Waals surface area contributed by atoms with Gasteiger partial charge in [0.05, 0.1) is 0 Å². The summed E-state index contributed by atoms with van der Waals surface area (Å²) < 4.78 is 8.00. The number of hydrogen-bond acceptors (Lipinski definition) is 1. The van der Waals surface area contributed by atoms with Crippen LogP contribution in [0.4, 0.5) is 0 Å². The molecule has 0 aromatic rings. The maximum atomic E-state index is 8.00. The summed E-state index contributed by atoms with van der Waals surface area (Å²) in [6.07, 6.45) is 0. The molecule has 0 aliphatic rings. The van der Waals surface area contributed by atoms with Crippen LogP contribution in [-0.4, -0.2) is 138 Å². The fourth-order valence-electron chi connectivity index (χ4n) is 0. The van der Waals surface area contributed by atoms with Gasteiger partial charge in [-0.1, -0.05) is 0 Å². The van der Waals surface area contributed by atoms with Crippen LogP contribution in [0, 0.1) is 0 Å². The SMILES string of the molecule is B=O.[BaH2].[KH].[NaH]. The van der Waals surface area contributed by atoms with E-state index >= 15 is 0 Å². The van der Waals surface area contributed by atoms with Crippen LogP contribution in [0.1, 0.15) is 0 Å². The molecule has 5 heteroatoms. The summed E-state index contributed by atoms with van der Waals surface area (Å²) >= 11 is 0. The molecule has 0 spiro atoms. The van der Waals surface area contributed by atoms with E-state index in [0.717, 1.165) is 0 Å². The van der Waals surface area contributed by atoms with E-state index in [2.05, 4.69) is 0 Å². The van der Waals surface area contributed by atoms with E-state index in [1.165, 1.54) is 0 Å². The average Bonchev–Trinajstić information content (AvgIpc) is 1.00. The molecule has 0 aromatic carbocycles. The van der Waals surface area contributed by atoms with Crippen molar-refractivity contribution in [2.75, 3.05) is 0 Å². The Bertz CT molecular complexity index is 11.6. The van der Waals surface area contributed by atoms with Crippen molar-refractivity contribution >= 4 is 138 Å². The Morgan fingerprint density at radius 1 is 1.20 bits per heavy atom. The Labute approximate surface area is 138 Å². The van der Waals surface area contributed by atoms with E-state index < -0.39 is 0 Å². The number of rotatable bonds is 0. The van der Waals surface area contributed by atoms with E-state index in [4.69, 9.17) is 4.70 Å². The molecule has 0 N–H and O–H groups in total. The Hall–Kier alpha value is 4.07. The quantitative estimate of drug-likeness (QED) is 0.407. The van der Waals surface area contributed by atoms with Crippen LogP contribution in [0.15, 0.2) is 0 Å². The topological polar surface area (TPSA) is 17.1 Å². The van der Waals surface area contributed by atoms with Crippen molar-refractivity contribution in [3.05, 3.63) is 0 Å². The summed E-state index contributed by atoms with van der Waals surface area (Å²) in [6, 6.07) is 0. The van der Waals surface area contributed by atoms with Gasteiger partial charge in [0.1, 0.15) is 0 Å². The van der Waals surface area contributed by atoms with Crippen LogP contribution >= 0.6 is 0 Å². The predicted molar refractivity (Wildman–Crippen MR) is 30.7 cm³/mol. The molecule has 0 aliphatic heterocycles. The van der Waals surface area contributed by atoms with Crippen molar-refractivity contribution in [3.8, 4) is 0 Å². The molecule has 0 fully saturated rings. The van der Waals surface area contributed by atoms with E-state index in [9.17, 15) is 0 Å². The minimum atomic E-state index is 0. The van der Waals surface area contributed by atoms with Gasteiger partial charge in [-0.3, -0.25) is 0 Å². The van der Waals surface area contributed by atoms with Gasteiger partial charge in [0.25, 0.3) is 0 Å². The zero-order chi connectivity index (χ0) is 2.00. The molecule has 0 heterocycles. The van der Waals surface area contributed by atoms with Crippen LogP contribution in [0.2, 0.25) is 0 Å². The summed E-state index contributed by atoms with van der Waals surface area (Å²) in [5, 5.41) is 0. The molecule has 0 unspecified atom stereocenters. The molecular formula is H5BBaKNaO. The first-order valence-electron chi connectivity index (χ1n) is 0.289. The minimum absolute atomic E-state index is 0. The molecule has 1 nitrogen and oxygen atoms in total. The van der Waals surface area contributed by atoms with Crippen molar-refractivity contribution < 1.29 is 4.70 Å². The molecule has 0 rings (SSSR count). The zero-order valence-electron chi connectivity index (χ0n) is 1.12. The monoisotopic (exact) mass is 232 g/mol. The molecule has 0 atom stereocenters. The first-order chi connectivity index (χ1) is 1.00. The molecular weight excluding hydrogens is 226 g/mol. The first kappa shape index (κ1) is 23.0. The van der Waals surface area contributed by atoms with Crippen molar-refractivity contribution in [2.45, 2.75) is 0 Å². The van der Waals surface area contributed by atoms with Crippen molar-refractivity contribution in [1.82, 2.24) is 0 Å². The van der Waals surface area contributed by atoms with Crippen LogP contribution in [0.5, 0.6) is 0 Å². The third-order valence-corrected chi connectivity index (χ3v) is 0. The van der Waals surface area contributed by atoms with Crippen LogP contribution < -0.4 is 0 Å². The molecule has 0 aliphatic carbocycles. The molecule has 0 saturated heterocycles. The van der Waals surface area contributed by atoms with Gasteiger partial charge in [-0.25, -0.2) is 0 Å². The van der Waals surface area contributed by atoms with Crippen molar-refractivity contribution in [3.63, 3.8) is 0 Å². The Morgan fingerprint density at radius 3 is 1.20 bits per heavy atom. The van der Waals surface area contributed by atoms with Gasteiger partial charge in [0.15, 0.2) is 0 Å². The second-order valence-corrected chi connectivity index (χ2v) is 0. The zero-order valence-corrected chi connectivity index (χ0v) is 1.12. The van der Waals surface area contributed by atoms with E-state index in [1.807, 2.05) is 7.72 Å². The summed E-state index contributed by atoms with van der Waals surface area (Å²) in [5.74, 6) is 0. The fraction of sp³-hybridized carbons (Fsp3) is 0. The van der Waals surface area contributed by atoms with Crippen LogP contribution in [0.25, 0.3) is 0 Å². The van der Waals surface area contributed by atoms with E-state index in [1.54, 1.807) is 0 Å². The van der Waals surface area contributed by atoms with Crippen molar-refractivity contribution in [1.29, 1.82) is 0 Å². The second-order valence-electron chi connectivity index (χ2n) is 0. The van der Waals surface area contributed by atoms with E-state index in [-0.39, 0.29) is 130 Å². The summed E-state index contributed by atoms with van der Waals surface area (Å²) in [7, 11) is 2.00. The molecule has 0 radical (unpaired) electrons. The first-order valence-corrected chi connectivity index (χ1v) is 0.289. The number of hydrogen-bond donors (Lipinski definition) is 0. The molecule has 0 amide bonds. The van der Waals surface area contributed by atoms with Gasteiger partial charge in [0.2, 0.25) is 0 Å². The van der Waals surface area contributed by atoms with Gasteiger partial charge in [-0.2, -0.15) is 0 Å². The third-order valence-electron chi connectivity index (χ3n) is 0. The van der Waals surface area contributed by atoms with Gasteiger partial charge in [-0.05, 0) is 0 Å². The molecule has 0 bridgehead atoms. The molecule has 0 saturated carbocycles. The third kappa shape index (κ3) is 17.9. The summed E-state index contributed by atoms with van der Waals surface area (Å²) in [6.45, 7) is 0. The summed E-state index contributed by atoms with van der Waals surface area (Å²) in [5.41, 5.74) is 0. The average molecular weight is 231 g/mol. The van der Waals surface area contributed by atoms with Crippen LogP contribution in [-0.2, 0) is 4.70 Å². The summed E-state index contributed by atoms with van der Waals surface area (Å²) in [4.78, 5) is 0. The Kier molecular flexibility index (Phi) is 112. The second kappa shape index (κ2) is 24.3. The Balaban J connectivity index is -0.00000000167. The van der Waals surface area contributed by atoms with Gasteiger partial charge in [0, 0.05) is 0 Å². The molecule has 18 valence electrons. The Morgan fingerprint density at radius 2 is 1.20 bits per heavy atom. The fourth-order valence-corrected chi connectivity index (χ4v) is 0. The van der Waals surface area contributed by atoms with Crippen molar-refractivity contribution in [2.24, 2.45) is 0 Å². The van der Waals surface area contributed by atoms with Gasteiger partial charge >= 0.3 is 142 Å². The molecule has 0 aromatic heterocycles. The standard InChI is InChI=1S/BHO.Ba.K.Na.4H/c1-2;;;;;;;/h1H;;;;;;;. The van der Waals surface area contributed by atoms with Crippen LogP contribution in [0.3, 0.4) is 0 Å².